The Kier molecular flexibility index (Phi) is 8.24. The fourth-order valence-electron chi connectivity index (χ4n) is 9.60. The molecule has 3 aliphatic carbocycles. The van der Waals surface area contributed by atoms with Crippen molar-refractivity contribution >= 4 is 5.69 Å². The third-order valence-electron chi connectivity index (χ3n) is 11.9. The highest BCUT2D eigenvalue weighted by Gasteiger charge is 2.44. The quantitative estimate of drug-likeness (QED) is 0.298. The average molecular weight is 586 g/mol. The lowest BCUT2D eigenvalue weighted by molar-refractivity contribution is 0.0614. The first-order chi connectivity index (χ1) is 21.8. The fourth-order valence-corrected chi connectivity index (χ4v) is 9.60. The summed E-state index contributed by atoms with van der Waals surface area (Å²) in [7, 11) is 0. The van der Waals surface area contributed by atoms with Crippen molar-refractivity contribution in [3.05, 3.63) is 113 Å². The lowest BCUT2D eigenvalue weighted by Crippen LogP contribution is -2.57. The van der Waals surface area contributed by atoms with Gasteiger partial charge in [0.2, 0.25) is 0 Å². The minimum absolute atomic E-state index is 0.191. The third kappa shape index (κ3) is 5.51. The fraction of sp³-hybridized carbons (Fsp3) is 0.512. The topological polar surface area (TPSA) is 18.5 Å². The summed E-state index contributed by atoms with van der Waals surface area (Å²) in [4.78, 5) is 5.59. The molecular weight excluding hydrogens is 534 g/mol. The van der Waals surface area contributed by atoms with E-state index < -0.39 is 0 Å². The zero-order valence-corrected chi connectivity index (χ0v) is 26.5. The molecule has 3 saturated carbocycles. The van der Waals surface area contributed by atoms with Gasteiger partial charge in [-0.1, -0.05) is 118 Å². The van der Waals surface area contributed by atoms with Crippen LogP contribution in [0.5, 0.6) is 0 Å². The molecule has 3 heteroatoms. The standard InChI is InChI=1S/C41H51N3/c1-5-15-30(16-6-1)38-29-39(43(38)36-23-9-3-10-24-36)34-21-13-19-32(27-34)33-20-14-22-35(28-33)41-42-40(31-17-7-2-8-18-31)44(41)37-25-11-4-12-26-37/h2,4,7-8,11-12,14,17-18,20,22,25-26,28-30,32,34,36,39-42H,1,3,5-6,9-10,13,15-16,19,21,23-24,27H2. The van der Waals surface area contributed by atoms with E-state index in [0.717, 1.165) is 17.9 Å². The number of nitrogens with zero attached hydrogens (tertiary/aromatic N) is 2. The van der Waals surface area contributed by atoms with E-state index in [1.54, 1.807) is 11.3 Å². The van der Waals surface area contributed by atoms with Gasteiger partial charge < -0.3 is 9.80 Å². The second kappa shape index (κ2) is 12.8. The minimum Gasteiger partial charge on any atom is -0.365 e. The highest BCUT2D eigenvalue weighted by molar-refractivity contribution is 5.54. The third-order valence-corrected chi connectivity index (χ3v) is 11.9. The van der Waals surface area contributed by atoms with Gasteiger partial charge in [-0.05, 0) is 97.6 Å². The van der Waals surface area contributed by atoms with Crippen LogP contribution >= 0.6 is 0 Å². The van der Waals surface area contributed by atoms with Gasteiger partial charge in [-0.2, -0.15) is 0 Å². The van der Waals surface area contributed by atoms with Crippen LogP contribution in [0.25, 0.3) is 0 Å². The predicted octanol–water partition coefficient (Wildman–Crippen LogP) is 10.2. The molecule has 230 valence electrons. The summed E-state index contributed by atoms with van der Waals surface area (Å²) in [5.41, 5.74) is 7.33. The van der Waals surface area contributed by atoms with E-state index in [4.69, 9.17) is 0 Å². The smallest absolute Gasteiger partial charge is 0.109 e. The SMILES string of the molecule is C1=C(C2CCCCC2)N(C2CCCCC2)C1C1CCCC(c2cccc(C3NC(c4ccccc4)N3c3ccccc3)c2)C1. The molecule has 0 amide bonds. The number of rotatable bonds is 7. The van der Waals surface area contributed by atoms with Gasteiger partial charge in [-0.15, -0.1) is 0 Å². The van der Waals surface area contributed by atoms with Crippen molar-refractivity contribution in [2.45, 2.75) is 120 Å². The van der Waals surface area contributed by atoms with Crippen LogP contribution in [0.3, 0.4) is 0 Å². The maximum atomic E-state index is 3.93. The Hall–Kier alpha value is -3.04. The van der Waals surface area contributed by atoms with Crippen LogP contribution in [0.4, 0.5) is 5.69 Å². The van der Waals surface area contributed by atoms with Crippen LogP contribution in [-0.4, -0.2) is 17.0 Å². The second-order valence-corrected chi connectivity index (χ2v) is 14.5. The van der Waals surface area contributed by atoms with E-state index in [9.17, 15) is 0 Å². The summed E-state index contributed by atoms with van der Waals surface area (Å²) in [5.74, 6) is 2.32. The van der Waals surface area contributed by atoms with Crippen LogP contribution in [0.15, 0.2) is 96.7 Å². The van der Waals surface area contributed by atoms with Gasteiger partial charge >= 0.3 is 0 Å². The summed E-state index contributed by atoms with van der Waals surface area (Å²) in [5, 5.41) is 3.93. The van der Waals surface area contributed by atoms with Crippen molar-refractivity contribution < 1.29 is 0 Å². The predicted molar refractivity (Wildman–Crippen MR) is 182 cm³/mol. The van der Waals surface area contributed by atoms with E-state index in [1.165, 1.54) is 107 Å². The molecule has 0 bridgehead atoms. The molecular formula is C41H51N3. The normalized spacial score (nSPS) is 29.9. The van der Waals surface area contributed by atoms with Gasteiger partial charge in [0.1, 0.15) is 12.3 Å². The van der Waals surface area contributed by atoms with Crippen molar-refractivity contribution in [2.24, 2.45) is 11.8 Å². The van der Waals surface area contributed by atoms with E-state index in [0.29, 0.717) is 12.0 Å². The molecule has 3 nitrogen and oxygen atoms in total. The first kappa shape index (κ1) is 28.4. The summed E-state index contributed by atoms with van der Waals surface area (Å²) in [6, 6.07) is 33.0. The van der Waals surface area contributed by atoms with E-state index >= 15 is 0 Å². The molecule has 8 rings (SSSR count). The number of hydrogen-bond donors (Lipinski definition) is 1. The van der Waals surface area contributed by atoms with E-state index in [2.05, 4.69) is 106 Å². The number of para-hydroxylation sites is 1. The van der Waals surface area contributed by atoms with Gasteiger partial charge in [-0.3, -0.25) is 5.32 Å². The summed E-state index contributed by atoms with van der Waals surface area (Å²) in [6.07, 6.45) is 23.0. The molecule has 44 heavy (non-hydrogen) atoms. The van der Waals surface area contributed by atoms with Gasteiger partial charge in [0, 0.05) is 17.4 Å². The van der Waals surface area contributed by atoms with Gasteiger partial charge in [0.25, 0.3) is 0 Å². The Bertz CT molecular complexity index is 1400. The number of benzene rings is 3. The Labute approximate surface area is 265 Å². The molecule has 0 spiro atoms. The van der Waals surface area contributed by atoms with E-state index in [1.807, 2.05) is 0 Å². The maximum Gasteiger partial charge on any atom is 0.109 e. The van der Waals surface area contributed by atoms with E-state index in [-0.39, 0.29) is 12.3 Å². The molecule has 3 aromatic rings. The molecule has 1 N–H and O–H groups in total. The molecule has 0 aromatic heterocycles. The highest BCUT2D eigenvalue weighted by Crippen LogP contribution is 2.49. The number of nitrogens with one attached hydrogen (secondary N) is 1. The molecule has 5 aliphatic rings. The Balaban J connectivity index is 1.01. The van der Waals surface area contributed by atoms with Crippen LogP contribution < -0.4 is 10.2 Å². The van der Waals surface area contributed by atoms with Crippen molar-refractivity contribution in [2.75, 3.05) is 4.90 Å². The molecule has 5 unspecified atom stereocenters. The summed E-state index contributed by atoms with van der Waals surface area (Å²) >= 11 is 0. The monoisotopic (exact) mass is 585 g/mol. The van der Waals surface area contributed by atoms with Crippen molar-refractivity contribution in [1.82, 2.24) is 10.2 Å². The zero-order chi connectivity index (χ0) is 29.3. The minimum atomic E-state index is 0.191. The van der Waals surface area contributed by atoms with Crippen LogP contribution in [0, 0.1) is 11.8 Å². The van der Waals surface area contributed by atoms with Crippen LogP contribution in [-0.2, 0) is 0 Å². The second-order valence-electron chi connectivity index (χ2n) is 14.5. The van der Waals surface area contributed by atoms with Crippen molar-refractivity contribution in [3.8, 4) is 0 Å². The van der Waals surface area contributed by atoms with Gasteiger partial charge in [0.15, 0.2) is 0 Å². The van der Waals surface area contributed by atoms with Crippen molar-refractivity contribution in [3.63, 3.8) is 0 Å². The molecule has 3 aromatic carbocycles. The lowest BCUT2D eigenvalue weighted by atomic mass is 9.70. The maximum absolute atomic E-state index is 3.93. The Morgan fingerprint density at radius 2 is 1.16 bits per heavy atom. The molecule has 2 heterocycles. The summed E-state index contributed by atoms with van der Waals surface area (Å²) in [6.45, 7) is 0. The van der Waals surface area contributed by atoms with Gasteiger partial charge in [-0.25, -0.2) is 0 Å². The zero-order valence-electron chi connectivity index (χ0n) is 26.5. The Morgan fingerprint density at radius 3 is 1.93 bits per heavy atom. The van der Waals surface area contributed by atoms with Crippen LogP contribution in [0.1, 0.15) is 125 Å². The number of anilines is 1. The number of hydrogen-bond acceptors (Lipinski definition) is 3. The number of allylic oxidation sites excluding steroid dienone is 1. The first-order valence-electron chi connectivity index (χ1n) is 18.1. The molecule has 5 atom stereocenters. The van der Waals surface area contributed by atoms with Gasteiger partial charge in [0.05, 0.1) is 6.04 Å². The highest BCUT2D eigenvalue weighted by atomic mass is 15.5. The van der Waals surface area contributed by atoms with Crippen LogP contribution in [0.2, 0.25) is 0 Å². The van der Waals surface area contributed by atoms with Crippen molar-refractivity contribution in [1.29, 1.82) is 0 Å². The molecule has 1 saturated heterocycles. The summed E-state index contributed by atoms with van der Waals surface area (Å²) < 4.78 is 0. The largest absolute Gasteiger partial charge is 0.365 e. The lowest BCUT2D eigenvalue weighted by Gasteiger charge is -2.55. The molecule has 0 radical (unpaired) electrons. The molecule has 4 fully saturated rings. The first-order valence-corrected chi connectivity index (χ1v) is 18.1. The Morgan fingerprint density at radius 1 is 0.523 bits per heavy atom. The average Bonchev–Trinajstić information content (AvgIpc) is 3.06. The molecule has 2 aliphatic heterocycles.